The van der Waals surface area contributed by atoms with Gasteiger partial charge >= 0.3 is 0 Å². The topological polar surface area (TPSA) is 66.0 Å². The first-order valence-corrected chi connectivity index (χ1v) is 5.89. The van der Waals surface area contributed by atoms with E-state index < -0.39 is 0 Å². The Hall–Kier alpha value is -1.56. The molecule has 6 heteroatoms. The lowest BCUT2D eigenvalue weighted by atomic mass is 10.2. The third kappa shape index (κ3) is 2.41. The van der Waals surface area contributed by atoms with Crippen LogP contribution in [0.3, 0.4) is 0 Å². The predicted octanol–water partition coefficient (Wildman–Crippen LogP) is 1.99. The molecule has 0 amide bonds. The fraction of sp³-hybridized carbons (Fsp3) is 0.273. The van der Waals surface area contributed by atoms with E-state index in [0.717, 1.165) is 21.5 Å². The molecule has 0 fully saturated rings. The Labute approximate surface area is 108 Å². The number of hydrogen-bond donors (Lipinski definition) is 1. The van der Waals surface area contributed by atoms with Crippen LogP contribution < -0.4 is 10.5 Å². The molecule has 0 radical (unpaired) electrons. The first-order valence-electron chi connectivity index (χ1n) is 5.10. The Morgan fingerprint density at radius 3 is 2.82 bits per heavy atom. The number of ether oxygens (including phenoxy) is 1. The molecule has 0 bridgehead atoms. The van der Waals surface area contributed by atoms with Crippen LogP contribution in [0.1, 0.15) is 11.3 Å². The van der Waals surface area contributed by atoms with Crippen LogP contribution in [0.5, 0.6) is 5.75 Å². The Bertz CT molecular complexity index is 538. The number of hydrogen-bond acceptors (Lipinski definition) is 4. The molecule has 90 valence electrons. The number of anilines is 1. The van der Waals surface area contributed by atoms with E-state index in [9.17, 15) is 0 Å². The van der Waals surface area contributed by atoms with Gasteiger partial charge in [0.05, 0.1) is 19.3 Å². The van der Waals surface area contributed by atoms with Crippen molar-refractivity contribution in [2.75, 3.05) is 12.8 Å². The standard InChI is InChI=1S/C11H13BrN4O/c1-7-11(13)14-15-16(7)6-8-5-9(12)3-4-10(8)17-2/h3-5H,6,13H2,1-2H3. The van der Waals surface area contributed by atoms with Crippen molar-refractivity contribution in [2.24, 2.45) is 0 Å². The highest BCUT2D eigenvalue weighted by Crippen LogP contribution is 2.24. The molecule has 0 spiro atoms. The van der Waals surface area contributed by atoms with E-state index in [1.165, 1.54) is 0 Å². The van der Waals surface area contributed by atoms with E-state index in [1.807, 2.05) is 25.1 Å². The van der Waals surface area contributed by atoms with Crippen LogP contribution in [0.4, 0.5) is 5.82 Å². The minimum Gasteiger partial charge on any atom is -0.496 e. The van der Waals surface area contributed by atoms with Gasteiger partial charge in [0.25, 0.3) is 0 Å². The van der Waals surface area contributed by atoms with Gasteiger partial charge < -0.3 is 10.5 Å². The van der Waals surface area contributed by atoms with Crippen molar-refractivity contribution in [3.05, 3.63) is 33.9 Å². The van der Waals surface area contributed by atoms with Gasteiger partial charge in [0.2, 0.25) is 0 Å². The van der Waals surface area contributed by atoms with Gasteiger partial charge in [0.15, 0.2) is 5.82 Å². The Kier molecular flexibility index (Phi) is 3.33. The molecule has 2 N–H and O–H groups in total. The molecule has 1 heterocycles. The second-order valence-electron chi connectivity index (χ2n) is 3.67. The maximum atomic E-state index is 5.66. The summed E-state index contributed by atoms with van der Waals surface area (Å²) in [6, 6.07) is 5.84. The largest absolute Gasteiger partial charge is 0.496 e. The smallest absolute Gasteiger partial charge is 0.168 e. The van der Waals surface area contributed by atoms with Crippen LogP contribution in [-0.4, -0.2) is 22.1 Å². The monoisotopic (exact) mass is 296 g/mol. The summed E-state index contributed by atoms with van der Waals surface area (Å²) in [5.74, 6) is 1.28. The summed E-state index contributed by atoms with van der Waals surface area (Å²) in [4.78, 5) is 0. The van der Waals surface area contributed by atoms with Gasteiger partial charge in [-0.25, -0.2) is 4.68 Å². The fourth-order valence-electron chi connectivity index (χ4n) is 1.56. The summed E-state index contributed by atoms with van der Waals surface area (Å²) >= 11 is 3.44. The fourth-order valence-corrected chi connectivity index (χ4v) is 1.96. The number of methoxy groups -OCH3 is 1. The van der Waals surface area contributed by atoms with Crippen LogP contribution >= 0.6 is 15.9 Å². The summed E-state index contributed by atoms with van der Waals surface area (Å²) in [5, 5.41) is 7.81. The van der Waals surface area contributed by atoms with Crippen molar-refractivity contribution in [3.8, 4) is 5.75 Å². The summed E-state index contributed by atoms with van der Waals surface area (Å²) in [6.45, 7) is 2.47. The predicted molar refractivity (Wildman–Crippen MR) is 69.0 cm³/mol. The molecule has 2 aromatic rings. The van der Waals surface area contributed by atoms with Crippen molar-refractivity contribution in [3.63, 3.8) is 0 Å². The molecule has 0 saturated heterocycles. The lowest BCUT2D eigenvalue weighted by Crippen LogP contribution is -2.06. The highest BCUT2D eigenvalue weighted by Gasteiger charge is 2.09. The van der Waals surface area contributed by atoms with Crippen LogP contribution in [-0.2, 0) is 6.54 Å². The minimum atomic E-state index is 0.457. The molecule has 1 aromatic carbocycles. The zero-order chi connectivity index (χ0) is 12.4. The van der Waals surface area contributed by atoms with Gasteiger partial charge in [0, 0.05) is 10.0 Å². The maximum Gasteiger partial charge on any atom is 0.168 e. The van der Waals surface area contributed by atoms with Crippen molar-refractivity contribution in [1.82, 2.24) is 15.0 Å². The van der Waals surface area contributed by atoms with Gasteiger partial charge in [-0.1, -0.05) is 21.1 Å². The van der Waals surface area contributed by atoms with Crippen molar-refractivity contribution >= 4 is 21.7 Å². The maximum absolute atomic E-state index is 5.66. The SMILES string of the molecule is COc1ccc(Br)cc1Cn1nnc(N)c1C. The average molecular weight is 297 g/mol. The van der Waals surface area contributed by atoms with E-state index in [2.05, 4.69) is 26.2 Å². The third-order valence-corrected chi connectivity index (χ3v) is 3.07. The quantitative estimate of drug-likeness (QED) is 0.941. The Morgan fingerprint density at radius 2 is 2.24 bits per heavy atom. The van der Waals surface area contributed by atoms with Crippen LogP contribution in [0, 0.1) is 6.92 Å². The molecule has 0 saturated carbocycles. The van der Waals surface area contributed by atoms with E-state index in [1.54, 1.807) is 11.8 Å². The van der Waals surface area contributed by atoms with Crippen molar-refractivity contribution in [2.45, 2.75) is 13.5 Å². The zero-order valence-corrected chi connectivity index (χ0v) is 11.2. The number of benzene rings is 1. The summed E-state index contributed by atoms with van der Waals surface area (Å²) in [6.07, 6.45) is 0. The lowest BCUT2D eigenvalue weighted by Gasteiger charge is -2.09. The molecule has 0 unspecified atom stereocenters. The number of nitrogens with two attached hydrogens (primary N) is 1. The van der Waals surface area contributed by atoms with Crippen LogP contribution in [0.15, 0.2) is 22.7 Å². The van der Waals surface area contributed by atoms with Crippen molar-refractivity contribution < 1.29 is 4.74 Å². The normalized spacial score (nSPS) is 10.5. The molecule has 0 aliphatic heterocycles. The van der Waals surface area contributed by atoms with Crippen LogP contribution in [0.25, 0.3) is 0 Å². The second kappa shape index (κ2) is 4.75. The summed E-state index contributed by atoms with van der Waals surface area (Å²) in [7, 11) is 1.65. The molecular formula is C11H13BrN4O. The summed E-state index contributed by atoms with van der Waals surface area (Å²) in [5.41, 5.74) is 7.54. The van der Waals surface area contributed by atoms with Gasteiger partial charge in [-0.3, -0.25) is 0 Å². The first-order chi connectivity index (χ1) is 8.11. The third-order valence-electron chi connectivity index (χ3n) is 2.58. The van der Waals surface area contributed by atoms with E-state index in [0.29, 0.717) is 12.4 Å². The number of halogens is 1. The lowest BCUT2D eigenvalue weighted by molar-refractivity contribution is 0.406. The molecule has 5 nitrogen and oxygen atoms in total. The highest BCUT2D eigenvalue weighted by molar-refractivity contribution is 9.10. The van der Waals surface area contributed by atoms with Gasteiger partial charge in [0.1, 0.15) is 5.75 Å². The highest BCUT2D eigenvalue weighted by atomic mass is 79.9. The molecule has 2 rings (SSSR count). The number of rotatable bonds is 3. The molecule has 0 atom stereocenters. The first kappa shape index (κ1) is 11.9. The Balaban J connectivity index is 2.35. The van der Waals surface area contributed by atoms with Crippen molar-refractivity contribution in [1.29, 1.82) is 0 Å². The van der Waals surface area contributed by atoms with E-state index >= 15 is 0 Å². The van der Waals surface area contributed by atoms with E-state index in [4.69, 9.17) is 10.5 Å². The molecule has 0 aliphatic carbocycles. The number of nitrogens with zero attached hydrogens (tertiary/aromatic N) is 3. The zero-order valence-electron chi connectivity index (χ0n) is 9.64. The number of nitrogen functional groups attached to an aromatic ring is 1. The summed E-state index contributed by atoms with van der Waals surface area (Å²) < 4.78 is 8.05. The van der Waals surface area contributed by atoms with Gasteiger partial charge in [-0.05, 0) is 25.1 Å². The van der Waals surface area contributed by atoms with Crippen LogP contribution in [0.2, 0.25) is 0 Å². The van der Waals surface area contributed by atoms with Gasteiger partial charge in [-0.15, -0.1) is 5.10 Å². The van der Waals surface area contributed by atoms with E-state index in [-0.39, 0.29) is 0 Å². The Morgan fingerprint density at radius 1 is 1.47 bits per heavy atom. The second-order valence-corrected chi connectivity index (χ2v) is 4.59. The molecular weight excluding hydrogens is 284 g/mol. The average Bonchev–Trinajstić information content (AvgIpc) is 2.61. The molecule has 1 aromatic heterocycles. The van der Waals surface area contributed by atoms with Gasteiger partial charge in [-0.2, -0.15) is 0 Å². The molecule has 0 aliphatic rings. The number of aromatic nitrogens is 3. The minimum absolute atomic E-state index is 0.457. The molecule has 17 heavy (non-hydrogen) atoms.